The Morgan fingerprint density at radius 2 is 2.31 bits per heavy atom. The number of nitrogens with zero attached hydrogens (tertiary/aromatic N) is 2. The van der Waals surface area contributed by atoms with Gasteiger partial charge in [0.1, 0.15) is 0 Å². The van der Waals surface area contributed by atoms with Crippen LogP contribution in [-0.2, 0) is 0 Å². The van der Waals surface area contributed by atoms with Crippen molar-refractivity contribution in [2.24, 2.45) is 11.7 Å². The van der Waals surface area contributed by atoms with Gasteiger partial charge in [-0.1, -0.05) is 6.07 Å². The molecule has 0 amide bonds. The summed E-state index contributed by atoms with van der Waals surface area (Å²) < 4.78 is 0. The number of piperidine rings is 1. The summed E-state index contributed by atoms with van der Waals surface area (Å²) in [5.41, 5.74) is 7.41. The Balaban J connectivity index is 1.83. The van der Waals surface area contributed by atoms with Gasteiger partial charge in [-0.25, -0.2) is 0 Å². The van der Waals surface area contributed by atoms with Crippen molar-refractivity contribution < 1.29 is 0 Å². The summed E-state index contributed by atoms with van der Waals surface area (Å²) in [7, 11) is 2.22. The third kappa shape index (κ3) is 1.46. The van der Waals surface area contributed by atoms with Crippen molar-refractivity contribution >= 4 is 0 Å². The Morgan fingerprint density at radius 1 is 1.44 bits per heavy atom. The first-order valence-corrected chi connectivity index (χ1v) is 6.16. The number of aromatic nitrogens is 1. The summed E-state index contributed by atoms with van der Waals surface area (Å²) >= 11 is 0. The van der Waals surface area contributed by atoms with Crippen molar-refractivity contribution in [2.45, 2.75) is 37.4 Å². The molecule has 2 N–H and O–H groups in total. The smallest absolute Gasteiger partial charge is 0.0630 e. The lowest BCUT2D eigenvalue weighted by molar-refractivity contribution is 0.150. The lowest BCUT2D eigenvalue weighted by Gasteiger charge is -2.35. The second kappa shape index (κ2) is 3.82. The van der Waals surface area contributed by atoms with Gasteiger partial charge in [0, 0.05) is 18.3 Å². The molecule has 1 saturated carbocycles. The van der Waals surface area contributed by atoms with Gasteiger partial charge in [0.25, 0.3) is 0 Å². The van der Waals surface area contributed by atoms with E-state index in [9.17, 15) is 0 Å². The predicted octanol–water partition coefficient (Wildman–Crippen LogP) is 1.56. The van der Waals surface area contributed by atoms with Crippen LogP contribution in [0.3, 0.4) is 0 Å². The number of likely N-dealkylation sites (N-methyl/N-ethyl adjacent to an activating group) is 1. The molecule has 86 valence electrons. The monoisotopic (exact) mass is 217 g/mol. The summed E-state index contributed by atoms with van der Waals surface area (Å²) in [5, 5.41) is 0. The van der Waals surface area contributed by atoms with E-state index in [4.69, 9.17) is 5.73 Å². The zero-order chi connectivity index (χ0) is 11.1. The molecule has 3 heteroatoms. The number of rotatable bonds is 2. The molecule has 0 aromatic carbocycles. The molecule has 16 heavy (non-hydrogen) atoms. The quantitative estimate of drug-likeness (QED) is 0.817. The Morgan fingerprint density at radius 3 is 2.94 bits per heavy atom. The van der Waals surface area contributed by atoms with E-state index in [1.54, 1.807) is 0 Å². The average Bonchev–Trinajstić information content (AvgIpc) is 2.90. The van der Waals surface area contributed by atoms with E-state index in [0.29, 0.717) is 6.04 Å². The van der Waals surface area contributed by atoms with Gasteiger partial charge in [0.15, 0.2) is 0 Å². The van der Waals surface area contributed by atoms with Gasteiger partial charge in [0.2, 0.25) is 0 Å². The highest BCUT2D eigenvalue weighted by Gasteiger charge is 2.46. The van der Waals surface area contributed by atoms with E-state index >= 15 is 0 Å². The van der Waals surface area contributed by atoms with Crippen LogP contribution in [-0.4, -0.2) is 29.0 Å². The first-order chi connectivity index (χ1) is 7.77. The van der Waals surface area contributed by atoms with Crippen molar-refractivity contribution in [1.82, 2.24) is 9.88 Å². The normalized spacial score (nSPS) is 35.5. The number of pyridine rings is 1. The molecule has 3 rings (SSSR count). The SMILES string of the molecule is CN1C2CCC(C2)C1C(N)c1ccccn1. The molecule has 2 heterocycles. The van der Waals surface area contributed by atoms with Crippen LogP contribution in [0.15, 0.2) is 24.4 Å². The van der Waals surface area contributed by atoms with E-state index in [0.717, 1.165) is 17.7 Å². The van der Waals surface area contributed by atoms with Crippen LogP contribution in [0.25, 0.3) is 0 Å². The van der Waals surface area contributed by atoms with Crippen LogP contribution in [0.4, 0.5) is 0 Å². The molecule has 2 aliphatic rings. The minimum atomic E-state index is 0.0708. The average molecular weight is 217 g/mol. The van der Waals surface area contributed by atoms with Crippen molar-refractivity contribution in [2.75, 3.05) is 7.05 Å². The zero-order valence-corrected chi connectivity index (χ0v) is 9.71. The standard InChI is InChI=1S/C13H19N3/c1-16-10-6-5-9(8-10)13(16)12(14)11-4-2-3-7-15-11/h2-4,7,9-10,12-13H,5-6,8,14H2,1H3. The van der Waals surface area contributed by atoms with Gasteiger partial charge in [-0.2, -0.15) is 0 Å². The van der Waals surface area contributed by atoms with Crippen LogP contribution in [0.1, 0.15) is 31.0 Å². The summed E-state index contributed by atoms with van der Waals surface area (Å²) in [6.07, 6.45) is 5.87. The van der Waals surface area contributed by atoms with E-state index < -0.39 is 0 Å². The van der Waals surface area contributed by atoms with Crippen molar-refractivity contribution in [3.8, 4) is 0 Å². The third-order valence-electron chi connectivity index (χ3n) is 4.37. The minimum Gasteiger partial charge on any atom is -0.321 e. The maximum Gasteiger partial charge on any atom is 0.0630 e. The summed E-state index contributed by atoms with van der Waals surface area (Å²) in [4.78, 5) is 6.87. The fraction of sp³-hybridized carbons (Fsp3) is 0.615. The lowest BCUT2D eigenvalue weighted by atomic mass is 9.91. The largest absolute Gasteiger partial charge is 0.321 e. The van der Waals surface area contributed by atoms with Gasteiger partial charge in [-0.3, -0.25) is 9.88 Å². The summed E-state index contributed by atoms with van der Waals surface area (Å²) in [6.45, 7) is 0. The number of hydrogen-bond acceptors (Lipinski definition) is 3. The van der Waals surface area contributed by atoms with E-state index in [1.165, 1.54) is 19.3 Å². The van der Waals surface area contributed by atoms with Crippen LogP contribution < -0.4 is 5.73 Å². The molecular formula is C13H19N3. The van der Waals surface area contributed by atoms with Gasteiger partial charge in [-0.15, -0.1) is 0 Å². The zero-order valence-electron chi connectivity index (χ0n) is 9.71. The maximum absolute atomic E-state index is 6.37. The van der Waals surface area contributed by atoms with Crippen molar-refractivity contribution in [3.05, 3.63) is 30.1 Å². The number of fused-ring (bicyclic) bond motifs is 2. The molecule has 1 aromatic heterocycles. The van der Waals surface area contributed by atoms with Crippen LogP contribution >= 0.6 is 0 Å². The predicted molar refractivity (Wildman–Crippen MR) is 63.8 cm³/mol. The van der Waals surface area contributed by atoms with E-state index in [-0.39, 0.29) is 6.04 Å². The molecule has 0 spiro atoms. The first kappa shape index (κ1) is 10.2. The van der Waals surface area contributed by atoms with E-state index in [2.05, 4.69) is 16.9 Å². The Hall–Kier alpha value is -0.930. The molecule has 2 bridgehead atoms. The van der Waals surface area contributed by atoms with Gasteiger partial charge in [0.05, 0.1) is 11.7 Å². The molecule has 1 aliphatic heterocycles. The topological polar surface area (TPSA) is 42.1 Å². The highest BCUT2D eigenvalue weighted by Crippen LogP contribution is 2.44. The summed E-state index contributed by atoms with van der Waals surface area (Å²) in [5.74, 6) is 0.784. The van der Waals surface area contributed by atoms with Crippen LogP contribution in [0.2, 0.25) is 0 Å². The molecular weight excluding hydrogens is 198 g/mol. The second-order valence-corrected chi connectivity index (χ2v) is 5.16. The molecule has 3 nitrogen and oxygen atoms in total. The van der Waals surface area contributed by atoms with Gasteiger partial charge in [-0.05, 0) is 44.4 Å². The molecule has 4 atom stereocenters. The van der Waals surface area contributed by atoms with Gasteiger partial charge < -0.3 is 5.73 Å². The maximum atomic E-state index is 6.37. The fourth-order valence-electron chi connectivity index (χ4n) is 3.54. The highest BCUT2D eigenvalue weighted by atomic mass is 15.2. The van der Waals surface area contributed by atoms with Crippen LogP contribution in [0, 0.1) is 5.92 Å². The van der Waals surface area contributed by atoms with E-state index in [1.807, 2.05) is 24.4 Å². The molecule has 2 fully saturated rings. The molecule has 4 unspecified atom stereocenters. The van der Waals surface area contributed by atoms with Crippen molar-refractivity contribution in [3.63, 3.8) is 0 Å². The van der Waals surface area contributed by atoms with Gasteiger partial charge >= 0.3 is 0 Å². The second-order valence-electron chi connectivity index (χ2n) is 5.16. The summed E-state index contributed by atoms with van der Waals surface area (Å²) in [6, 6.07) is 7.35. The number of hydrogen-bond donors (Lipinski definition) is 1. The van der Waals surface area contributed by atoms with Crippen molar-refractivity contribution in [1.29, 1.82) is 0 Å². The molecule has 1 aliphatic carbocycles. The number of likely N-dealkylation sites (tertiary alicyclic amines) is 1. The Bertz CT molecular complexity index is 363. The molecule has 0 radical (unpaired) electrons. The minimum absolute atomic E-state index is 0.0708. The van der Waals surface area contributed by atoms with Crippen LogP contribution in [0.5, 0.6) is 0 Å². The Kier molecular flexibility index (Phi) is 2.45. The highest BCUT2D eigenvalue weighted by molar-refractivity contribution is 5.14. The molecule has 1 aromatic rings. The third-order valence-corrected chi connectivity index (χ3v) is 4.37. The fourth-order valence-corrected chi connectivity index (χ4v) is 3.54. The Labute approximate surface area is 96.7 Å². The first-order valence-electron chi connectivity index (χ1n) is 6.16. The number of nitrogens with two attached hydrogens (primary N) is 1. The lowest BCUT2D eigenvalue weighted by Crippen LogP contribution is -2.44. The molecule has 1 saturated heterocycles.